The average molecular weight is 462 g/mol. The Morgan fingerprint density at radius 2 is 2.00 bits per heavy atom. The fourth-order valence-corrected chi connectivity index (χ4v) is 5.66. The summed E-state index contributed by atoms with van der Waals surface area (Å²) in [7, 11) is 0. The number of amides is 2. The van der Waals surface area contributed by atoms with E-state index in [1.54, 1.807) is 16.2 Å². The first kappa shape index (κ1) is 24.8. The predicted molar refractivity (Wildman–Crippen MR) is 131 cm³/mol. The van der Waals surface area contributed by atoms with E-state index in [1.807, 2.05) is 49.8 Å². The third-order valence-electron chi connectivity index (χ3n) is 6.76. The van der Waals surface area contributed by atoms with Crippen molar-refractivity contribution in [2.24, 2.45) is 5.92 Å². The largest absolute Gasteiger partial charge is 0.382 e. The zero-order valence-corrected chi connectivity index (χ0v) is 21.1. The number of ether oxygens (including phenoxy) is 1. The summed E-state index contributed by atoms with van der Waals surface area (Å²) in [6, 6.07) is 4.22. The van der Waals surface area contributed by atoms with Gasteiger partial charge in [-0.1, -0.05) is 20.8 Å². The number of rotatable bonds is 7. The second-order valence-electron chi connectivity index (χ2n) is 9.00. The van der Waals surface area contributed by atoms with Crippen LogP contribution in [0.2, 0.25) is 0 Å². The molecule has 0 aromatic carbocycles. The van der Waals surface area contributed by atoms with Crippen LogP contribution in [0.25, 0.3) is 10.2 Å². The van der Waals surface area contributed by atoms with Gasteiger partial charge in [0.1, 0.15) is 11.2 Å². The minimum atomic E-state index is -0.909. The Labute approximate surface area is 196 Å². The fraction of sp³-hybridized carbons (Fsp3) is 0.680. The van der Waals surface area contributed by atoms with Crippen molar-refractivity contribution in [1.29, 1.82) is 0 Å². The molecule has 2 aromatic rings. The maximum atomic E-state index is 13.6. The molecule has 1 N–H and O–H groups in total. The molecule has 32 heavy (non-hydrogen) atoms. The zero-order valence-electron chi connectivity index (χ0n) is 20.3. The molecule has 1 atom stereocenters. The summed E-state index contributed by atoms with van der Waals surface area (Å²) in [5.74, 6) is 0.639. The SMILES string of the molecule is CC.CCOCCCN1C(=O)c2cc3sccc3n2CC1(C)C(=O)NC1CCC(C)CC1. The summed E-state index contributed by atoms with van der Waals surface area (Å²) in [5, 5.41) is 5.33. The van der Waals surface area contributed by atoms with Crippen molar-refractivity contribution < 1.29 is 14.3 Å². The summed E-state index contributed by atoms with van der Waals surface area (Å²) >= 11 is 1.63. The van der Waals surface area contributed by atoms with Gasteiger partial charge in [-0.15, -0.1) is 11.3 Å². The number of nitrogens with zero attached hydrogens (tertiary/aromatic N) is 2. The summed E-state index contributed by atoms with van der Waals surface area (Å²) in [6.07, 6.45) is 5.06. The first-order chi connectivity index (χ1) is 15.4. The number of fused-ring (bicyclic) bond motifs is 3. The molecule has 3 heterocycles. The molecule has 1 aliphatic heterocycles. The van der Waals surface area contributed by atoms with Crippen molar-refractivity contribution in [3.05, 3.63) is 23.2 Å². The zero-order chi connectivity index (χ0) is 23.3. The number of carbonyl (C=O) groups is 2. The number of aromatic nitrogens is 1. The lowest BCUT2D eigenvalue weighted by molar-refractivity contribution is -0.134. The van der Waals surface area contributed by atoms with E-state index in [4.69, 9.17) is 4.74 Å². The Kier molecular flexibility index (Phi) is 8.39. The van der Waals surface area contributed by atoms with Gasteiger partial charge in [0.2, 0.25) is 5.91 Å². The highest BCUT2D eigenvalue weighted by molar-refractivity contribution is 7.17. The Balaban J connectivity index is 0.00000141. The topological polar surface area (TPSA) is 63.6 Å². The van der Waals surface area contributed by atoms with Gasteiger partial charge in [-0.05, 0) is 69.4 Å². The molecule has 4 rings (SSSR count). The van der Waals surface area contributed by atoms with E-state index in [9.17, 15) is 9.59 Å². The minimum Gasteiger partial charge on any atom is -0.382 e. The van der Waals surface area contributed by atoms with Crippen molar-refractivity contribution in [2.45, 2.75) is 84.8 Å². The van der Waals surface area contributed by atoms with Crippen molar-refractivity contribution in [3.8, 4) is 0 Å². The highest BCUT2D eigenvalue weighted by atomic mass is 32.1. The first-order valence-corrected chi connectivity index (χ1v) is 13.1. The molecule has 0 saturated heterocycles. The maximum Gasteiger partial charge on any atom is 0.271 e. The summed E-state index contributed by atoms with van der Waals surface area (Å²) in [4.78, 5) is 28.8. The van der Waals surface area contributed by atoms with Gasteiger partial charge in [0.05, 0.1) is 16.8 Å². The lowest BCUT2D eigenvalue weighted by Crippen LogP contribution is -2.65. The van der Waals surface area contributed by atoms with Gasteiger partial charge < -0.3 is 19.5 Å². The van der Waals surface area contributed by atoms with Gasteiger partial charge >= 0.3 is 0 Å². The van der Waals surface area contributed by atoms with Crippen molar-refractivity contribution in [1.82, 2.24) is 14.8 Å². The number of carbonyl (C=O) groups excluding carboxylic acids is 2. The fourth-order valence-electron chi connectivity index (χ4n) is 4.84. The monoisotopic (exact) mass is 461 g/mol. The molecule has 0 radical (unpaired) electrons. The lowest BCUT2D eigenvalue weighted by atomic mass is 9.86. The van der Waals surface area contributed by atoms with Crippen LogP contribution in [0.3, 0.4) is 0 Å². The first-order valence-electron chi connectivity index (χ1n) is 12.2. The van der Waals surface area contributed by atoms with Crippen LogP contribution in [0.5, 0.6) is 0 Å². The van der Waals surface area contributed by atoms with Gasteiger partial charge in [-0.25, -0.2) is 0 Å². The summed E-state index contributed by atoms with van der Waals surface area (Å²) < 4.78 is 8.62. The van der Waals surface area contributed by atoms with Crippen molar-refractivity contribution >= 4 is 33.4 Å². The number of hydrogen-bond donors (Lipinski definition) is 1. The Bertz CT molecular complexity index is 913. The lowest BCUT2D eigenvalue weighted by Gasteiger charge is -2.45. The van der Waals surface area contributed by atoms with E-state index in [2.05, 4.69) is 12.2 Å². The molecule has 2 amide bonds. The van der Waals surface area contributed by atoms with E-state index < -0.39 is 5.54 Å². The van der Waals surface area contributed by atoms with Crippen LogP contribution in [0, 0.1) is 5.92 Å². The maximum absolute atomic E-state index is 13.6. The quantitative estimate of drug-likeness (QED) is 0.586. The Morgan fingerprint density at radius 3 is 2.69 bits per heavy atom. The molecule has 2 aromatic heterocycles. The van der Waals surface area contributed by atoms with E-state index in [1.165, 1.54) is 0 Å². The van der Waals surface area contributed by atoms with E-state index in [-0.39, 0.29) is 17.9 Å². The number of nitrogens with one attached hydrogen (secondary N) is 1. The van der Waals surface area contributed by atoms with Crippen LogP contribution in [0.4, 0.5) is 0 Å². The second kappa shape index (κ2) is 10.8. The standard InChI is InChI=1S/C23H33N3O3S.C2H6/c1-4-29-12-5-11-26-21(27)19-14-20-18(10-13-30-20)25(19)15-23(26,3)22(28)24-17-8-6-16(2)7-9-17;1-2/h10,13-14,16-17H,4-9,11-12,15H2,1-3H3,(H,24,28);1-2H3. The molecule has 6 nitrogen and oxygen atoms in total. The van der Waals surface area contributed by atoms with Gasteiger partial charge in [-0.3, -0.25) is 9.59 Å². The third-order valence-corrected chi connectivity index (χ3v) is 7.62. The molecule has 1 fully saturated rings. The van der Waals surface area contributed by atoms with Gasteiger partial charge in [0, 0.05) is 25.8 Å². The molecule has 1 unspecified atom stereocenters. The third kappa shape index (κ3) is 4.88. The van der Waals surface area contributed by atoms with E-state index in [0.29, 0.717) is 32.0 Å². The van der Waals surface area contributed by atoms with Gasteiger partial charge in [-0.2, -0.15) is 0 Å². The molecule has 0 bridgehead atoms. The highest BCUT2D eigenvalue weighted by Gasteiger charge is 2.48. The molecule has 178 valence electrons. The van der Waals surface area contributed by atoms with Crippen molar-refractivity contribution in [3.63, 3.8) is 0 Å². The molecule has 0 spiro atoms. The normalized spacial score (nSPS) is 25.3. The second-order valence-corrected chi connectivity index (χ2v) is 9.94. The van der Waals surface area contributed by atoms with E-state index in [0.717, 1.165) is 48.2 Å². The van der Waals surface area contributed by atoms with Crippen LogP contribution in [-0.2, 0) is 16.1 Å². The molecule has 1 aliphatic carbocycles. The molecule has 7 heteroatoms. The predicted octanol–water partition coefficient (Wildman–Crippen LogP) is 5.07. The Morgan fingerprint density at radius 1 is 1.28 bits per heavy atom. The van der Waals surface area contributed by atoms with Crippen LogP contribution in [0.1, 0.15) is 77.2 Å². The van der Waals surface area contributed by atoms with Crippen LogP contribution >= 0.6 is 11.3 Å². The summed E-state index contributed by atoms with van der Waals surface area (Å²) in [5.41, 5.74) is 0.820. The number of thiophene rings is 1. The summed E-state index contributed by atoms with van der Waals surface area (Å²) in [6.45, 7) is 12.4. The number of hydrogen-bond acceptors (Lipinski definition) is 4. The molecular formula is C25H39N3O3S. The smallest absolute Gasteiger partial charge is 0.271 e. The van der Waals surface area contributed by atoms with Crippen molar-refractivity contribution in [2.75, 3.05) is 19.8 Å². The molecule has 1 saturated carbocycles. The Hall–Kier alpha value is -1.86. The molecular weight excluding hydrogens is 422 g/mol. The van der Waals surface area contributed by atoms with Crippen LogP contribution in [0.15, 0.2) is 17.5 Å². The molecule has 2 aliphatic rings. The highest BCUT2D eigenvalue weighted by Crippen LogP contribution is 2.35. The van der Waals surface area contributed by atoms with Crippen LogP contribution < -0.4 is 5.32 Å². The van der Waals surface area contributed by atoms with Gasteiger partial charge in [0.15, 0.2) is 0 Å². The van der Waals surface area contributed by atoms with Crippen LogP contribution in [-0.4, -0.2) is 52.6 Å². The van der Waals surface area contributed by atoms with E-state index >= 15 is 0 Å². The minimum absolute atomic E-state index is 0.0328. The van der Waals surface area contributed by atoms with Gasteiger partial charge in [0.25, 0.3) is 5.91 Å². The average Bonchev–Trinajstić information content (AvgIpc) is 3.38.